The van der Waals surface area contributed by atoms with E-state index in [2.05, 4.69) is 12.1 Å². The molecule has 0 amide bonds. The van der Waals surface area contributed by atoms with Gasteiger partial charge < -0.3 is 9.15 Å². The maximum atomic E-state index is 6.33. The molecule has 0 fully saturated rings. The second-order valence-corrected chi connectivity index (χ2v) is 6.68. The van der Waals surface area contributed by atoms with Crippen LogP contribution in [0.2, 0.25) is 0 Å². The number of fused-ring (bicyclic) bond motifs is 2. The summed E-state index contributed by atoms with van der Waals surface area (Å²) < 4.78 is 11.7. The highest BCUT2D eigenvalue weighted by Gasteiger charge is 2.21. The van der Waals surface area contributed by atoms with Crippen molar-refractivity contribution in [2.24, 2.45) is 0 Å². The molecule has 0 aliphatic carbocycles. The quantitative estimate of drug-likeness (QED) is 0.391. The number of benzene rings is 3. The summed E-state index contributed by atoms with van der Waals surface area (Å²) in [7, 11) is 1.65. The first-order valence-electron chi connectivity index (χ1n) is 9.14. The first-order valence-corrected chi connectivity index (χ1v) is 9.14. The lowest BCUT2D eigenvalue weighted by atomic mass is 10.00. The number of furan rings is 1. The van der Waals surface area contributed by atoms with Crippen LogP contribution in [0.15, 0.2) is 77.2 Å². The molecule has 2 aromatic heterocycles. The van der Waals surface area contributed by atoms with Crippen molar-refractivity contribution < 1.29 is 9.15 Å². The smallest absolute Gasteiger partial charge is 0.163 e. The van der Waals surface area contributed by atoms with Crippen molar-refractivity contribution in [1.29, 1.82) is 0 Å². The minimum atomic E-state index is 0.727. The molecule has 0 radical (unpaired) electrons. The molecule has 3 aromatic carbocycles. The van der Waals surface area contributed by atoms with E-state index >= 15 is 0 Å². The van der Waals surface area contributed by atoms with Crippen molar-refractivity contribution in [3.05, 3.63) is 78.5 Å². The maximum Gasteiger partial charge on any atom is 0.163 e. The summed E-state index contributed by atoms with van der Waals surface area (Å²) in [5.41, 5.74) is 6.18. The number of methoxy groups -OCH3 is 1. The number of ether oxygens (including phenoxy) is 1. The van der Waals surface area contributed by atoms with E-state index in [-0.39, 0.29) is 0 Å². The largest absolute Gasteiger partial charge is 0.497 e. The predicted octanol–water partition coefficient (Wildman–Crippen LogP) is 6.03. The van der Waals surface area contributed by atoms with Crippen molar-refractivity contribution >= 4 is 22.0 Å². The van der Waals surface area contributed by atoms with Gasteiger partial charge in [0.05, 0.1) is 23.8 Å². The normalized spacial score (nSPS) is 11.2. The summed E-state index contributed by atoms with van der Waals surface area (Å²) in [5, 5.41) is 1.02. The van der Waals surface area contributed by atoms with Crippen molar-refractivity contribution in [3.8, 4) is 28.3 Å². The van der Waals surface area contributed by atoms with Crippen LogP contribution >= 0.6 is 0 Å². The van der Waals surface area contributed by atoms with Crippen molar-refractivity contribution in [2.75, 3.05) is 7.11 Å². The van der Waals surface area contributed by atoms with Crippen molar-refractivity contribution in [2.45, 2.75) is 6.92 Å². The molecule has 0 N–H and O–H groups in total. The van der Waals surface area contributed by atoms with Crippen LogP contribution in [0.5, 0.6) is 5.75 Å². The molecule has 0 atom stereocenters. The number of hydrogen-bond acceptors (Lipinski definition) is 4. The zero-order chi connectivity index (χ0) is 19.1. The summed E-state index contributed by atoms with van der Waals surface area (Å²) >= 11 is 0. The first-order chi connectivity index (χ1) is 13.7. The van der Waals surface area contributed by atoms with E-state index < -0.39 is 0 Å². The number of hydrogen-bond donors (Lipinski definition) is 0. The molecule has 28 heavy (non-hydrogen) atoms. The van der Waals surface area contributed by atoms with E-state index in [0.29, 0.717) is 0 Å². The molecule has 5 aromatic rings. The fourth-order valence-electron chi connectivity index (χ4n) is 3.57. The van der Waals surface area contributed by atoms with Crippen LogP contribution in [-0.2, 0) is 0 Å². The second-order valence-electron chi connectivity index (χ2n) is 6.68. The van der Waals surface area contributed by atoms with E-state index in [1.165, 1.54) is 0 Å². The number of aryl methyl sites for hydroxylation is 1. The van der Waals surface area contributed by atoms with Gasteiger partial charge in [-0.05, 0) is 36.8 Å². The topological polar surface area (TPSA) is 48.2 Å². The highest BCUT2D eigenvalue weighted by molar-refractivity contribution is 6.02. The Morgan fingerprint density at radius 1 is 0.821 bits per heavy atom. The van der Waals surface area contributed by atoms with Crippen molar-refractivity contribution in [1.82, 2.24) is 9.97 Å². The van der Waals surface area contributed by atoms with E-state index in [9.17, 15) is 0 Å². The zero-order valence-electron chi connectivity index (χ0n) is 15.6. The summed E-state index contributed by atoms with van der Waals surface area (Å²) in [6.07, 6.45) is 0. The van der Waals surface area contributed by atoms with Gasteiger partial charge in [0.2, 0.25) is 0 Å². The average Bonchev–Trinajstić information content (AvgIpc) is 3.12. The molecule has 136 valence electrons. The molecule has 0 unspecified atom stereocenters. The molecule has 4 heteroatoms. The van der Waals surface area contributed by atoms with E-state index in [1.54, 1.807) is 7.11 Å². The molecular formula is C24H18N2O2. The van der Waals surface area contributed by atoms with Crippen LogP contribution in [-0.4, -0.2) is 17.1 Å². The first kappa shape index (κ1) is 16.5. The Bertz CT molecular complexity index is 1310. The van der Waals surface area contributed by atoms with Gasteiger partial charge in [-0.1, -0.05) is 42.5 Å². The molecule has 0 spiro atoms. The molecule has 2 heterocycles. The Balaban J connectivity index is 1.85. The van der Waals surface area contributed by atoms with Crippen LogP contribution in [0, 0.1) is 6.92 Å². The molecule has 0 aliphatic rings. The number of nitrogens with zero attached hydrogens (tertiary/aromatic N) is 2. The summed E-state index contributed by atoms with van der Waals surface area (Å²) in [4.78, 5) is 9.62. The maximum absolute atomic E-state index is 6.33. The number of rotatable bonds is 3. The monoisotopic (exact) mass is 366 g/mol. The predicted molar refractivity (Wildman–Crippen MR) is 111 cm³/mol. The Labute approximate surface area is 162 Å². The summed E-state index contributed by atoms with van der Waals surface area (Å²) in [6.45, 7) is 1.97. The zero-order valence-corrected chi connectivity index (χ0v) is 15.6. The van der Waals surface area contributed by atoms with Crippen LogP contribution in [0.1, 0.15) is 5.69 Å². The van der Waals surface area contributed by atoms with Crippen LogP contribution in [0.25, 0.3) is 44.6 Å². The molecular weight excluding hydrogens is 348 g/mol. The van der Waals surface area contributed by atoms with Gasteiger partial charge in [0, 0.05) is 17.0 Å². The Hall–Kier alpha value is -3.66. The Morgan fingerprint density at radius 3 is 2.29 bits per heavy atom. The van der Waals surface area contributed by atoms with Gasteiger partial charge in [0.15, 0.2) is 5.76 Å². The van der Waals surface area contributed by atoms with E-state index in [0.717, 1.165) is 56.0 Å². The Kier molecular flexibility index (Phi) is 3.83. The number of aromatic nitrogens is 2. The van der Waals surface area contributed by atoms with Gasteiger partial charge in [-0.3, -0.25) is 0 Å². The fraction of sp³-hybridized carbons (Fsp3) is 0.0833. The molecule has 0 saturated heterocycles. The lowest BCUT2D eigenvalue weighted by Gasteiger charge is -2.07. The standard InChI is InChI=1S/C24H18N2O2/c1-15-23(26-20-11-7-6-10-19(20)25-15)24-22(16-8-4-3-5-9-16)18-13-12-17(27-2)14-21(18)28-24/h3-14H,1-2H3. The van der Waals surface area contributed by atoms with E-state index in [4.69, 9.17) is 19.1 Å². The van der Waals surface area contributed by atoms with Gasteiger partial charge in [-0.2, -0.15) is 0 Å². The lowest BCUT2D eigenvalue weighted by molar-refractivity contribution is 0.414. The second kappa shape index (κ2) is 6.50. The summed E-state index contributed by atoms with van der Waals surface area (Å²) in [6, 6.07) is 24.0. The minimum absolute atomic E-state index is 0.727. The molecule has 4 nitrogen and oxygen atoms in total. The fourth-order valence-corrected chi connectivity index (χ4v) is 3.57. The van der Waals surface area contributed by atoms with Crippen LogP contribution in [0.3, 0.4) is 0 Å². The van der Waals surface area contributed by atoms with Gasteiger partial charge in [0.25, 0.3) is 0 Å². The third kappa shape index (κ3) is 2.62. The molecule has 0 bridgehead atoms. The Morgan fingerprint density at radius 2 is 1.54 bits per heavy atom. The minimum Gasteiger partial charge on any atom is -0.497 e. The number of para-hydroxylation sites is 2. The summed E-state index contributed by atoms with van der Waals surface area (Å²) in [5.74, 6) is 1.49. The van der Waals surface area contributed by atoms with Crippen molar-refractivity contribution in [3.63, 3.8) is 0 Å². The highest BCUT2D eigenvalue weighted by atomic mass is 16.5. The van der Waals surface area contributed by atoms with Gasteiger partial charge >= 0.3 is 0 Å². The molecule has 0 saturated carbocycles. The average molecular weight is 366 g/mol. The van der Waals surface area contributed by atoms with Crippen LogP contribution in [0.4, 0.5) is 0 Å². The van der Waals surface area contributed by atoms with E-state index in [1.807, 2.05) is 67.6 Å². The van der Waals surface area contributed by atoms with Gasteiger partial charge in [-0.25, -0.2) is 9.97 Å². The SMILES string of the molecule is COc1ccc2c(-c3ccccc3)c(-c3nc4ccccc4nc3C)oc2c1. The third-order valence-corrected chi connectivity index (χ3v) is 4.92. The van der Waals surface area contributed by atoms with Gasteiger partial charge in [-0.15, -0.1) is 0 Å². The lowest BCUT2D eigenvalue weighted by Crippen LogP contribution is -1.94. The highest BCUT2D eigenvalue weighted by Crippen LogP contribution is 2.42. The van der Waals surface area contributed by atoms with Gasteiger partial charge in [0.1, 0.15) is 17.0 Å². The third-order valence-electron chi connectivity index (χ3n) is 4.92. The van der Waals surface area contributed by atoms with Crippen LogP contribution < -0.4 is 4.74 Å². The molecule has 0 aliphatic heterocycles. The molecule has 5 rings (SSSR count).